The van der Waals surface area contributed by atoms with E-state index in [2.05, 4.69) is 15.9 Å². The van der Waals surface area contributed by atoms with Gasteiger partial charge in [0.15, 0.2) is 6.23 Å². The molecule has 0 spiro atoms. The number of carbonyl (C=O) groups is 2. The van der Waals surface area contributed by atoms with Crippen molar-refractivity contribution in [1.82, 2.24) is 9.80 Å². The lowest BCUT2D eigenvalue weighted by atomic mass is 9.80. The van der Waals surface area contributed by atoms with E-state index in [1.165, 1.54) is 11.9 Å². The van der Waals surface area contributed by atoms with Gasteiger partial charge in [-0.15, -0.1) is 0 Å². The molecular weight excluding hydrogens is 276 g/mol. The first kappa shape index (κ1) is 11.6. The highest BCUT2D eigenvalue weighted by molar-refractivity contribution is 9.11. The zero-order chi connectivity index (χ0) is 12.1. The molecule has 0 saturated carbocycles. The molecule has 2 saturated heterocycles. The SMILES string of the molecule is CN1C(=O)N(C)[C@H]2OC/C(=C\Br)[C@@]2(C)C1=O. The van der Waals surface area contributed by atoms with Crippen molar-refractivity contribution in [3.05, 3.63) is 10.6 Å². The van der Waals surface area contributed by atoms with Crippen molar-refractivity contribution in [3.63, 3.8) is 0 Å². The van der Waals surface area contributed by atoms with Crippen LogP contribution in [0.1, 0.15) is 6.92 Å². The minimum atomic E-state index is -0.777. The molecule has 16 heavy (non-hydrogen) atoms. The summed E-state index contributed by atoms with van der Waals surface area (Å²) < 4.78 is 5.52. The van der Waals surface area contributed by atoms with Gasteiger partial charge in [0.05, 0.1) is 6.61 Å². The van der Waals surface area contributed by atoms with Crippen molar-refractivity contribution in [1.29, 1.82) is 0 Å². The molecule has 2 atom stereocenters. The molecular formula is C10H13BrN2O3. The van der Waals surface area contributed by atoms with E-state index in [-0.39, 0.29) is 11.9 Å². The summed E-state index contributed by atoms with van der Waals surface area (Å²) in [6.07, 6.45) is -0.507. The largest absolute Gasteiger partial charge is 0.352 e. The van der Waals surface area contributed by atoms with E-state index < -0.39 is 11.6 Å². The Morgan fingerprint density at radius 1 is 1.50 bits per heavy atom. The highest BCUT2D eigenvalue weighted by Gasteiger charge is 2.58. The van der Waals surface area contributed by atoms with Gasteiger partial charge >= 0.3 is 6.03 Å². The van der Waals surface area contributed by atoms with Gasteiger partial charge in [-0.1, -0.05) is 15.9 Å². The average Bonchev–Trinajstić information content (AvgIpc) is 2.62. The highest BCUT2D eigenvalue weighted by atomic mass is 79.9. The summed E-state index contributed by atoms with van der Waals surface area (Å²) in [4.78, 5) is 28.2. The molecule has 3 amide bonds. The van der Waals surface area contributed by atoms with Crippen LogP contribution < -0.4 is 0 Å². The molecule has 0 aromatic heterocycles. The number of fused-ring (bicyclic) bond motifs is 1. The van der Waals surface area contributed by atoms with Crippen LogP contribution in [0.25, 0.3) is 0 Å². The van der Waals surface area contributed by atoms with E-state index in [0.29, 0.717) is 6.61 Å². The van der Waals surface area contributed by atoms with Crippen molar-refractivity contribution in [2.24, 2.45) is 5.41 Å². The van der Waals surface area contributed by atoms with Crippen LogP contribution in [0.2, 0.25) is 0 Å². The number of carbonyl (C=O) groups excluding carboxylic acids is 2. The van der Waals surface area contributed by atoms with Gasteiger partial charge < -0.3 is 4.74 Å². The van der Waals surface area contributed by atoms with Gasteiger partial charge in [0.1, 0.15) is 5.41 Å². The van der Waals surface area contributed by atoms with Gasteiger partial charge in [-0.3, -0.25) is 14.6 Å². The third kappa shape index (κ3) is 1.20. The van der Waals surface area contributed by atoms with E-state index in [1.807, 2.05) is 0 Å². The topological polar surface area (TPSA) is 49.9 Å². The molecule has 0 aromatic rings. The second-order valence-electron chi connectivity index (χ2n) is 4.26. The fourth-order valence-corrected chi connectivity index (χ4v) is 2.91. The van der Waals surface area contributed by atoms with Crippen LogP contribution in [0.3, 0.4) is 0 Å². The van der Waals surface area contributed by atoms with Gasteiger partial charge in [-0.25, -0.2) is 4.79 Å². The standard InChI is InChI=1S/C10H13BrN2O3/c1-10-6(4-11)5-16-8(10)13(3)9(15)12(2)7(10)14/h4,8H,5H2,1-3H3/b6-4+/t8-,10-/m0/s1. The average molecular weight is 289 g/mol. The van der Waals surface area contributed by atoms with E-state index in [4.69, 9.17) is 4.74 Å². The molecule has 88 valence electrons. The van der Waals surface area contributed by atoms with Crippen molar-refractivity contribution in [2.75, 3.05) is 20.7 Å². The molecule has 2 heterocycles. The Balaban J connectivity index is 2.51. The lowest BCUT2D eigenvalue weighted by Gasteiger charge is -2.43. The second-order valence-corrected chi connectivity index (χ2v) is 4.72. The summed E-state index contributed by atoms with van der Waals surface area (Å²) in [6.45, 7) is 2.17. The molecule has 2 fully saturated rings. The van der Waals surface area contributed by atoms with E-state index >= 15 is 0 Å². The number of halogens is 1. The number of hydrogen-bond donors (Lipinski definition) is 0. The number of amides is 3. The molecule has 2 aliphatic rings. The predicted octanol–water partition coefficient (Wildman–Crippen LogP) is 1.15. The maximum Gasteiger partial charge on any atom is 0.328 e. The zero-order valence-corrected chi connectivity index (χ0v) is 10.9. The molecule has 0 unspecified atom stereocenters. The van der Waals surface area contributed by atoms with Gasteiger partial charge in [-0.05, 0) is 17.5 Å². The Morgan fingerprint density at radius 2 is 2.12 bits per heavy atom. The summed E-state index contributed by atoms with van der Waals surface area (Å²) in [5.41, 5.74) is 0.0784. The van der Waals surface area contributed by atoms with Crippen LogP contribution in [-0.4, -0.2) is 48.7 Å². The van der Waals surface area contributed by atoms with Crippen LogP contribution in [0, 0.1) is 5.41 Å². The molecule has 0 radical (unpaired) electrons. The quantitative estimate of drug-likeness (QED) is 0.672. The van der Waals surface area contributed by atoms with Crippen molar-refractivity contribution in [2.45, 2.75) is 13.2 Å². The highest BCUT2D eigenvalue weighted by Crippen LogP contribution is 2.45. The Morgan fingerprint density at radius 3 is 2.69 bits per heavy atom. The minimum absolute atomic E-state index is 0.219. The smallest absolute Gasteiger partial charge is 0.328 e. The van der Waals surface area contributed by atoms with Gasteiger partial charge in [0.2, 0.25) is 5.91 Å². The number of hydrogen-bond acceptors (Lipinski definition) is 3. The first-order valence-corrected chi connectivity index (χ1v) is 5.82. The van der Waals surface area contributed by atoms with Gasteiger partial charge in [0, 0.05) is 14.1 Å². The number of urea groups is 1. The number of nitrogens with zero attached hydrogens (tertiary/aromatic N) is 2. The molecule has 2 aliphatic heterocycles. The van der Waals surface area contributed by atoms with Gasteiger partial charge in [-0.2, -0.15) is 0 Å². The minimum Gasteiger partial charge on any atom is -0.352 e. The van der Waals surface area contributed by atoms with Crippen molar-refractivity contribution in [3.8, 4) is 0 Å². The lowest BCUT2D eigenvalue weighted by Crippen LogP contribution is -2.62. The molecule has 0 N–H and O–H groups in total. The third-order valence-electron chi connectivity index (χ3n) is 3.38. The number of rotatable bonds is 0. The Hall–Kier alpha value is -0.880. The number of imide groups is 1. The molecule has 0 aromatic carbocycles. The van der Waals surface area contributed by atoms with Crippen LogP contribution in [0.4, 0.5) is 4.79 Å². The predicted molar refractivity (Wildman–Crippen MR) is 60.8 cm³/mol. The van der Waals surface area contributed by atoms with Crippen LogP contribution in [-0.2, 0) is 9.53 Å². The van der Waals surface area contributed by atoms with Crippen molar-refractivity contribution >= 4 is 27.9 Å². The Kier molecular flexibility index (Phi) is 2.58. The fourth-order valence-electron chi connectivity index (χ4n) is 2.30. The summed E-state index contributed by atoms with van der Waals surface area (Å²) in [6, 6.07) is -0.330. The Bertz CT molecular complexity index is 396. The molecule has 0 bridgehead atoms. The van der Waals surface area contributed by atoms with Crippen LogP contribution in [0.5, 0.6) is 0 Å². The van der Waals surface area contributed by atoms with E-state index in [9.17, 15) is 9.59 Å². The molecule has 5 nitrogen and oxygen atoms in total. The normalized spacial score (nSPS) is 37.2. The maximum atomic E-state index is 12.2. The van der Waals surface area contributed by atoms with Crippen molar-refractivity contribution < 1.29 is 14.3 Å². The third-order valence-corrected chi connectivity index (χ3v) is 3.93. The lowest BCUT2D eigenvalue weighted by molar-refractivity contribution is -0.151. The fraction of sp³-hybridized carbons (Fsp3) is 0.600. The first-order valence-electron chi connectivity index (χ1n) is 4.91. The van der Waals surface area contributed by atoms with E-state index in [0.717, 1.165) is 10.5 Å². The molecule has 6 heteroatoms. The second kappa shape index (κ2) is 3.56. The first-order chi connectivity index (χ1) is 7.44. The summed E-state index contributed by atoms with van der Waals surface area (Å²) in [5, 5.41) is 0. The van der Waals surface area contributed by atoms with Gasteiger partial charge in [0.25, 0.3) is 0 Å². The summed E-state index contributed by atoms with van der Waals surface area (Å²) in [7, 11) is 3.14. The molecule has 0 aliphatic carbocycles. The van der Waals surface area contributed by atoms with Crippen LogP contribution in [0.15, 0.2) is 10.6 Å². The number of ether oxygens (including phenoxy) is 1. The summed E-state index contributed by atoms with van der Waals surface area (Å²) in [5.74, 6) is -0.219. The van der Waals surface area contributed by atoms with E-state index in [1.54, 1.807) is 19.0 Å². The summed E-state index contributed by atoms with van der Waals surface area (Å²) >= 11 is 3.24. The Labute approximate surface area is 102 Å². The molecule has 2 rings (SSSR count). The monoisotopic (exact) mass is 288 g/mol. The maximum absolute atomic E-state index is 12.2. The zero-order valence-electron chi connectivity index (χ0n) is 9.36. The van der Waals surface area contributed by atoms with Crippen LogP contribution >= 0.6 is 15.9 Å².